The summed E-state index contributed by atoms with van der Waals surface area (Å²) in [5.74, 6) is -0.180. The molecule has 1 N–H and O–H groups in total. The van der Waals surface area contributed by atoms with Gasteiger partial charge in [0.05, 0.1) is 6.54 Å². The minimum Gasteiger partial charge on any atom is -0.446 e. The predicted octanol–water partition coefficient (Wildman–Crippen LogP) is 1.99. The molecule has 0 radical (unpaired) electrons. The first-order valence-electron chi connectivity index (χ1n) is 9.40. The van der Waals surface area contributed by atoms with Crippen molar-refractivity contribution in [2.75, 3.05) is 14.1 Å². The zero-order valence-corrected chi connectivity index (χ0v) is 17.4. The Bertz CT molecular complexity index is 1110. The van der Waals surface area contributed by atoms with Gasteiger partial charge in [-0.1, -0.05) is 18.2 Å². The summed E-state index contributed by atoms with van der Waals surface area (Å²) in [7, 11) is -0.926. The molecule has 1 fully saturated rings. The summed E-state index contributed by atoms with van der Waals surface area (Å²) >= 11 is 0. The topological polar surface area (TPSA) is 99.9 Å². The zero-order valence-electron chi connectivity index (χ0n) is 16.6. The molecule has 2 aromatic rings. The molecule has 4 rings (SSSR count). The number of aryl methyl sites for hydroxylation is 2. The summed E-state index contributed by atoms with van der Waals surface area (Å²) in [6, 6.07) is 8.16. The second-order valence-corrected chi connectivity index (χ2v) is 9.87. The van der Waals surface area contributed by atoms with Crippen LogP contribution in [0.1, 0.15) is 35.8 Å². The smallest absolute Gasteiger partial charge is 0.325 e. The lowest BCUT2D eigenvalue weighted by Gasteiger charge is -2.23. The maximum atomic E-state index is 13.1. The number of hydrogen-bond acceptors (Lipinski definition) is 5. The molecule has 8 nitrogen and oxygen atoms in total. The highest BCUT2D eigenvalue weighted by Gasteiger charge is 2.49. The number of rotatable bonds is 5. The van der Waals surface area contributed by atoms with E-state index in [9.17, 15) is 18.0 Å². The van der Waals surface area contributed by atoms with Crippen molar-refractivity contribution in [3.8, 4) is 0 Å². The van der Waals surface area contributed by atoms with Crippen LogP contribution in [0, 0.1) is 0 Å². The van der Waals surface area contributed by atoms with E-state index in [1.807, 2.05) is 18.2 Å². The molecule has 0 spiro atoms. The number of nitrogens with zero attached hydrogens (tertiary/aromatic N) is 2. The Morgan fingerprint density at radius 1 is 1.14 bits per heavy atom. The normalized spacial score (nSPS) is 21.7. The summed E-state index contributed by atoms with van der Waals surface area (Å²) in [5.41, 5.74) is 2.08. The van der Waals surface area contributed by atoms with E-state index in [-0.39, 0.29) is 17.4 Å². The van der Waals surface area contributed by atoms with Crippen LogP contribution < -0.4 is 5.32 Å². The third kappa shape index (κ3) is 3.14. The quantitative estimate of drug-likeness (QED) is 0.750. The Hall–Kier alpha value is -2.65. The Labute approximate surface area is 169 Å². The van der Waals surface area contributed by atoms with E-state index in [0.29, 0.717) is 0 Å². The predicted molar refractivity (Wildman–Crippen MR) is 104 cm³/mol. The number of carbonyl (C=O) groups excluding carboxylic acids is 2. The second-order valence-electron chi connectivity index (χ2n) is 7.79. The van der Waals surface area contributed by atoms with E-state index in [1.54, 1.807) is 6.92 Å². The van der Waals surface area contributed by atoms with E-state index >= 15 is 0 Å². The monoisotopic (exact) mass is 417 g/mol. The molecule has 0 bridgehead atoms. The molecule has 0 unspecified atom stereocenters. The van der Waals surface area contributed by atoms with Crippen LogP contribution in [0.15, 0.2) is 39.8 Å². The maximum Gasteiger partial charge on any atom is 0.325 e. The molecule has 1 aromatic heterocycles. The van der Waals surface area contributed by atoms with Gasteiger partial charge in [0, 0.05) is 14.1 Å². The van der Waals surface area contributed by atoms with Crippen LogP contribution in [0.5, 0.6) is 0 Å². The van der Waals surface area contributed by atoms with Crippen molar-refractivity contribution in [2.45, 2.75) is 43.4 Å². The third-order valence-corrected chi connectivity index (χ3v) is 7.33. The first kappa shape index (κ1) is 19.7. The average Bonchev–Trinajstić information content (AvgIpc) is 3.37. The summed E-state index contributed by atoms with van der Waals surface area (Å²) in [6.07, 6.45) is 3.11. The Morgan fingerprint density at radius 3 is 2.59 bits per heavy atom. The lowest BCUT2D eigenvalue weighted by molar-refractivity contribution is -0.131. The van der Waals surface area contributed by atoms with Crippen LogP contribution >= 0.6 is 0 Å². The van der Waals surface area contributed by atoms with Gasteiger partial charge >= 0.3 is 6.03 Å². The van der Waals surface area contributed by atoms with Crippen molar-refractivity contribution < 1.29 is 22.4 Å². The number of nitrogens with one attached hydrogen (secondary N) is 1. The highest BCUT2D eigenvalue weighted by atomic mass is 32.2. The van der Waals surface area contributed by atoms with Crippen molar-refractivity contribution in [1.29, 1.82) is 0 Å². The van der Waals surface area contributed by atoms with E-state index in [4.69, 9.17) is 4.42 Å². The number of urea groups is 1. The van der Waals surface area contributed by atoms with Crippen LogP contribution in [0.4, 0.5) is 4.79 Å². The number of furan rings is 1. The second kappa shape index (κ2) is 6.70. The van der Waals surface area contributed by atoms with E-state index < -0.39 is 27.5 Å². The number of imide groups is 1. The molecule has 1 aliphatic heterocycles. The fraction of sp³-hybridized carbons (Fsp3) is 0.400. The molecule has 3 amide bonds. The molecule has 1 aromatic carbocycles. The molecule has 0 saturated carbocycles. The Balaban J connectivity index is 1.58. The van der Waals surface area contributed by atoms with E-state index in [0.717, 1.165) is 34.0 Å². The van der Waals surface area contributed by atoms with Gasteiger partial charge in [0.25, 0.3) is 15.9 Å². The Morgan fingerprint density at radius 2 is 1.86 bits per heavy atom. The van der Waals surface area contributed by atoms with Crippen LogP contribution in [-0.4, -0.2) is 43.7 Å². The fourth-order valence-corrected chi connectivity index (χ4v) is 4.65. The van der Waals surface area contributed by atoms with Gasteiger partial charge in [-0.2, -0.15) is 0 Å². The summed E-state index contributed by atoms with van der Waals surface area (Å²) in [5, 5.41) is 2.55. The first-order valence-corrected chi connectivity index (χ1v) is 10.8. The molecule has 2 aliphatic rings. The number of sulfonamides is 1. The number of fused-ring (bicyclic) bond motifs is 1. The fourth-order valence-electron chi connectivity index (χ4n) is 3.84. The summed E-state index contributed by atoms with van der Waals surface area (Å²) < 4.78 is 30.8. The minimum atomic E-state index is -3.73. The summed E-state index contributed by atoms with van der Waals surface area (Å²) in [4.78, 5) is 26.7. The van der Waals surface area contributed by atoms with Gasteiger partial charge in [-0.15, -0.1) is 0 Å². The summed E-state index contributed by atoms with van der Waals surface area (Å²) in [6.45, 7) is 1.54. The number of carbonyl (C=O) groups is 2. The molecule has 1 atom stereocenters. The standard InChI is InChI=1S/C20H23N3O5S/c1-20(15-8-7-13-5-4-6-14(13)11-15)18(24)23(19(25)21-20)12-16-9-10-17(28-16)29(26,27)22(2)3/h7-11H,4-6,12H2,1-3H3,(H,21,25)/t20-/m0/s1. The first-order chi connectivity index (χ1) is 13.6. The molecule has 1 aliphatic carbocycles. The van der Waals surface area contributed by atoms with Crippen molar-refractivity contribution in [3.63, 3.8) is 0 Å². The molecule has 9 heteroatoms. The largest absolute Gasteiger partial charge is 0.446 e. The van der Waals surface area contributed by atoms with Gasteiger partial charge in [-0.05, 0) is 55.0 Å². The molecule has 154 valence electrons. The SMILES string of the molecule is CN(C)S(=O)(=O)c1ccc(CN2C(=O)N[C@@](C)(c3ccc4c(c3)CCC4)C2=O)o1. The number of hydrogen-bond donors (Lipinski definition) is 1. The average molecular weight is 417 g/mol. The van der Waals surface area contributed by atoms with Crippen LogP contribution in [-0.2, 0) is 39.7 Å². The van der Waals surface area contributed by atoms with Crippen molar-refractivity contribution in [3.05, 3.63) is 52.8 Å². The van der Waals surface area contributed by atoms with Gasteiger partial charge in [0.1, 0.15) is 11.3 Å². The molecule has 29 heavy (non-hydrogen) atoms. The molecular weight excluding hydrogens is 394 g/mol. The molecule has 1 saturated heterocycles. The minimum absolute atomic E-state index is 0.145. The van der Waals surface area contributed by atoms with Gasteiger partial charge in [0.15, 0.2) is 0 Å². The molecule has 2 heterocycles. The van der Waals surface area contributed by atoms with Crippen molar-refractivity contribution in [1.82, 2.24) is 14.5 Å². The zero-order chi connectivity index (χ0) is 21.0. The van der Waals surface area contributed by atoms with Gasteiger partial charge < -0.3 is 9.73 Å². The third-order valence-electron chi connectivity index (χ3n) is 5.64. The van der Waals surface area contributed by atoms with Crippen molar-refractivity contribution in [2.24, 2.45) is 0 Å². The molecular formula is C20H23N3O5S. The van der Waals surface area contributed by atoms with E-state index in [2.05, 4.69) is 5.32 Å². The van der Waals surface area contributed by atoms with Gasteiger partial charge in [-0.25, -0.2) is 17.5 Å². The maximum absolute atomic E-state index is 13.1. The van der Waals surface area contributed by atoms with Crippen LogP contribution in [0.25, 0.3) is 0 Å². The lowest BCUT2D eigenvalue weighted by Crippen LogP contribution is -2.40. The van der Waals surface area contributed by atoms with Crippen molar-refractivity contribution >= 4 is 22.0 Å². The van der Waals surface area contributed by atoms with E-state index in [1.165, 1.54) is 37.4 Å². The van der Waals surface area contributed by atoms with Gasteiger partial charge in [0.2, 0.25) is 5.09 Å². The Kier molecular flexibility index (Phi) is 4.54. The highest BCUT2D eigenvalue weighted by molar-refractivity contribution is 7.88. The van der Waals surface area contributed by atoms with Crippen LogP contribution in [0.2, 0.25) is 0 Å². The number of amides is 3. The van der Waals surface area contributed by atoms with Gasteiger partial charge in [-0.3, -0.25) is 9.69 Å². The van der Waals surface area contributed by atoms with Crippen LogP contribution in [0.3, 0.4) is 0 Å². The highest BCUT2D eigenvalue weighted by Crippen LogP contribution is 2.33. The number of benzene rings is 1. The lowest BCUT2D eigenvalue weighted by atomic mass is 9.89.